The van der Waals surface area contributed by atoms with Gasteiger partial charge in [0.25, 0.3) is 5.89 Å². The van der Waals surface area contributed by atoms with Gasteiger partial charge in [-0.25, -0.2) is 0 Å². The van der Waals surface area contributed by atoms with Crippen LogP contribution in [0.3, 0.4) is 0 Å². The van der Waals surface area contributed by atoms with E-state index in [2.05, 4.69) is 10.1 Å². The van der Waals surface area contributed by atoms with Gasteiger partial charge in [-0.05, 0) is 42.5 Å². The first-order valence-corrected chi connectivity index (χ1v) is 6.58. The second-order valence-electron chi connectivity index (χ2n) is 4.39. The van der Waals surface area contributed by atoms with E-state index in [1.165, 1.54) is 0 Å². The van der Waals surface area contributed by atoms with Crippen LogP contribution in [-0.2, 0) is 0 Å². The molecule has 0 saturated carbocycles. The van der Waals surface area contributed by atoms with Gasteiger partial charge < -0.3 is 15.0 Å². The number of methoxy groups -OCH3 is 1. The molecular weight excluding hydrogens is 290 g/mol. The van der Waals surface area contributed by atoms with Crippen molar-refractivity contribution in [2.24, 2.45) is 0 Å². The lowest BCUT2D eigenvalue weighted by Crippen LogP contribution is -1.88. The third-order valence-corrected chi connectivity index (χ3v) is 3.22. The summed E-state index contributed by atoms with van der Waals surface area (Å²) in [7, 11) is 1.57. The number of rotatable bonds is 3. The zero-order valence-corrected chi connectivity index (χ0v) is 12.0. The molecule has 3 rings (SSSR count). The lowest BCUT2D eigenvalue weighted by atomic mass is 10.2. The second-order valence-corrected chi connectivity index (χ2v) is 4.83. The van der Waals surface area contributed by atoms with Crippen LogP contribution in [0, 0.1) is 0 Å². The van der Waals surface area contributed by atoms with Crippen LogP contribution in [0.25, 0.3) is 22.8 Å². The van der Waals surface area contributed by atoms with Crippen molar-refractivity contribution >= 4 is 17.3 Å². The average Bonchev–Trinajstić information content (AvgIpc) is 2.97. The number of nitrogens with two attached hydrogens (primary N) is 1. The molecule has 0 amide bonds. The molecule has 106 valence electrons. The zero-order valence-electron chi connectivity index (χ0n) is 11.2. The van der Waals surface area contributed by atoms with E-state index in [0.717, 1.165) is 5.56 Å². The molecule has 0 radical (unpaired) electrons. The summed E-state index contributed by atoms with van der Waals surface area (Å²) >= 11 is 6.01. The number of ether oxygens (including phenoxy) is 1. The molecular formula is C15H12ClN3O2. The quantitative estimate of drug-likeness (QED) is 0.747. The number of aromatic nitrogens is 2. The maximum absolute atomic E-state index is 6.01. The van der Waals surface area contributed by atoms with Crippen LogP contribution in [0.2, 0.25) is 5.02 Å². The third kappa shape index (κ3) is 2.68. The molecule has 0 aliphatic carbocycles. The normalized spacial score (nSPS) is 10.6. The molecule has 0 spiro atoms. The smallest absolute Gasteiger partial charge is 0.262 e. The average molecular weight is 302 g/mol. The topological polar surface area (TPSA) is 74.2 Å². The fraction of sp³-hybridized carbons (Fsp3) is 0.0667. The Morgan fingerprint density at radius 1 is 1.14 bits per heavy atom. The predicted molar refractivity (Wildman–Crippen MR) is 81.1 cm³/mol. The van der Waals surface area contributed by atoms with E-state index in [1.807, 2.05) is 12.1 Å². The van der Waals surface area contributed by atoms with Crippen molar-refractivity contribution in [1.82, 2.24) is 10.1 Å². The van der Waals surface area contributed by atoms with E-state index in [-0.39, 0.29) is 0 Å². The summed E-state index contributed by atoms with van der Waals surface area (Å²) in [5.74, 6) is 1.44. The number of halogens is 1. The molecule has 0 bridgehead atoms. The number of anilines is 1. The van der Waals surface area contributed by atoms with Gasteiger partial charge >= 0.3 is 0 Å². The van der Waals surface area contributed by atoms with Crippen molar-refractivity contribution in [2.45, 2.75) is 0 Å². The van der Waals surface area contributed by atoms with E-state index in [0.29, 0.717) is 33.7 Å². The van der Waals surface area contributed by atoms with Gasteiger partial charge in [0.1, 0.15) is 5.75 Å². The SMILES string of the molecule is COc1ccc(Cl)cc1-c1nc(-c2ccc(N)cc2)no1. The molecule has 21 heavy (non-hydrogen) atoms. The van der Waals surface area contributed by atoms with Crippen molar-refractivity contribution in [2.75, 3.05) is 12.8 Å². The first-order valence-electron chi connectivity index (χ1n) is 6.21. The summed E-state index contributed by atoms with van der Waals surface area (Å²) in [5.41, 5.74) is 7.81. The van der Waals surface area contributed by atoms with Crippen molar-refractivity contribution < 1.29 is 9.26 Å². The zero-order chi connectivity index (χ0) is 14.8. The van der Waals surface area contributed by atoms with Crippen LogP contribution >= 0.6 is 11.6 Å². The molecule has 5 nitrogen and oxygen atoms in total. The summed E-state index contributed by atoms with van der Waals surface area (Å²) in [6.07, 6.45) is 0. The van der Waals surface area contributed by atoms with Crippen LogP contribution in [0.15, 0.2) is 47.0 Å². The highest BCUT2D eigenvalue weighted by Crippen LogP contribution is 2.32. The first kappa shape index (κ1) is 13.5. The minimum atomic E-state index is 0.348. The molecule has 2 aromatic carbocycles. The van der Waals surface area contributed by atoms with Gasteiger partial charge in [0.15, 0.2) is 0 Å². The van der Waals surface area contributed by atoms with E-state index >= 15 is 0 Å². The summed E-state index contributed by atoms with van der Waals surface area (Å²) in [4.78, 5) is 4.37. The summed E-state index contributed by atoms with van der Waals surface area (Å²) in [5, 5.41) is 4.54. The largest absolute Gasteiger partial charge is 0.496 e. The van der Waals surface area contributed by atoms with Gasteiger partial charge in [-0.3, -0.25) is 0 Å². The molecule has 0 saturated heterocycles. The van der Waals surface area contributed by atoms with E-state index in [1.54, 1.807) is 37.4 Å². The Balaban J connectivity index is 2.02. The molecule has 1 heterocycles. The molecule has 3 aromatic rings. The molecule has 0 atom stereocenters. The van der Waals surface area contributed by atoms with Crippen molar-refractivity contribution in [3.05, 3.63) is 47.5 Å². The molecule has 0 aliphatic rings. The summed E-state index contributed by atoms with van der Waals surface area (Å²) in [6, 6.07) is 12.4. The van der Waals surface area contributed by atoms with E-state index < -0.39 is 0 Å². The lowest BCUT2D eigenvalue weighted by molar-refractivity contribution is 0.405. The Kier molecular flexibility index (Phi) is 3.50. The fourth-order valence-corrected chi connectivity index (χ4v) is 2.10. The number of nitrogen functional groups attached to an aromatic ring is 1. The van der Waals surface area contributed by atoms with Crippen LogP contribution in [-0.4, -0.2) is 17.3 Å². The fourth-order valence-electron chi connectivity index (χ4n) is 1.93. The minimum absolute atomic E-state index is 0.348. The monoisotopic (exact) mass is 301 g/mol. The Labute approximate surface area is 126 Å². The summed E-state index contributed by atoms with van der Waals surface area (Å²) in [6.45, 7) is 0. The Morgan fingerprint density at radius 3 is 2.62 bits per heavy atom. The Hall–Kier alpha value is -2.53. The highest BCUT2D eigenvalue weighted by molar-refractivity contribution is 6.30. The van der Waals surface area contributed by atoms with Gasteiger partial charge in [0, 0.05) is 16.3 Å². The molecule has 0 fully saturated rings. The molecule has 2 N–H and O–H groups in total. The highest BCUT2D eigenvalue weighted by Gasteiger charge is 2.15. The lowest BCUT2D eigenvalue weighted by Gasteiger charge is -2.04. The van der Waals surface area contributed by atoms with Gasteiger partial charge in [0.05, 0.1) is 12.7 Å². The number of hydrogen-bond acceptors (Lipinski definition) is 5. The van der Waals surface area contributed by atoms with Crippen molar-refractivity contribution in [3.8, 4) is 28.6 Å². The number of hydrogen-bond donors (Lipinski definition) is 1. The maximum Gasteiger partial charge on any atom is 0.262 e. The standard InChI is InChI=1S/C15H12ClN3O2/c1-20-13-7-4-10(16)8-12(13)15-18-14(19-21-15)9-2-5-11(17)6-3-9/h2-8H,17H2,1H3. The Morgan fingerprint density at radius 2 is 1.90 bits per heavy atom. The highest BCUT2D eigenvalue weighted by atomic mass is 35.5. The van der Waals surface area contributed by atoms with Crippen LogP contribution in [0.1, 0.15) is 0 Å². The Bertz CT molecular complexity index is 769. The maximum atomic E-state index is 6.01. The van der Waals surface area contributed by atoms with Gasteiger partial charge in [0.2, 0.25) is 5.82 Å². The first-order chi connectivity index (χ1) is 10.2. The molecule has 0 unspecified atom stereocenters. The van der Waals surface area contributed by atoms with Crippen molar-refractivity contribution in [3.63, 3.8) is 0 Å². The summed E-state index contributed by atoms with van der Waals surface area (Å²) < 4.78 is 10.6. The van der Waals surface area contributed by atoms with Gasteiger partial charge in [-0.1, -0.05) is 16.8 Å². The van der Waals surface area contributed by atoms with Crippen molar-refractivity contribution in [1.29, 1.82) is 0 Å². The van der Waals surface area contributed by atoms with Crippen LogP contribution in [0.4, 0.5) is 5.69 Å². The van der Waals surface area contributed by atoms with Crippen LogP contribution < -0.4 is 10.5 Å². The van der Waals surface area contributed by atoms with E-state index in [9.17, 15) is 0 Å². The van der Waals surface area contributed by atoms with Gasteiger partial charge in [-0.15, -0.1) is 0 Å². The van der Waals surface area contributed by atoms with Gasteiger partial charge in [-0.2, -0.15) is 4.98 Å². The minimum Gasteiger partial charge on any atom is -0.496 e. The van der Waals surface area contributed by atoms with E-state index in [4.69, 9.17) is 26.6 Å². The second kappa shape index (κ2) is 5.46. The molecule has 6 heteroatoms. The molecule has 1 aromatic heterocycles. The van der Waals surface area contributed by atoms with Crippen LogP contribution in [0.5, 0.6) is 5.75 Å². The number of nitrogens with zero attached hydrogens (tertiary/aromatic N) is 2. The third-order valence-electron chi connectivity index (χ3n) is 2.99. The predicted octanol–water partition coefficient (Wildman–Crippen LogP) is 3.65. The number of benzene rings is 2. The molecule has 0 aliphatic heterocycles.